The number of nitrogens with zero attached hydrogens (tertiary/aromatic N) is 6. The second-order valence-electron chi connectivity index (χ2n) is 12.3. The summed E-state index contributed by atoms with van der Waals surface area (Å²) in [6.07, 6.45) is 1.86. The number of anilines is 2. The van der Waals surface area contributed by atoms with Crippen LogP contribution in [-0.4, -0.2) is 47.5 Å². The summed E-state index contributed by atoms with van der Waals surface area (Å²) in [6, 6.07) is 33.5. The number of rotatable bonds is 7. The molecule has 7 heteroatoms. The second-order valence-corrected chi connectivity index (χ2v) is 12.3. The van der Waals surface area contributed by atoms with Gasteiger partial charge in [0.2, 0.25) is 0 Å². The summed E-state index contributed by atoms with van der Waals surface area (Å²) in [4.78, 5) is 8.95. The van der Waals surface area contributed by atoms with Crippen molar-refractivity contribution in [1.82, 2.24) is 19.3 Å². The number of para-hydroxylation sites is 1. The highest BCUT2D eigenvalue weighted by molar-refractivity contribution is 6.09. The summed E-state index contributed by atoms with van der Waals surface area (Å²) in [5.41, 5.74) is 8.99. The van der Waals surface area contributed by atoms with Crippen molar-refractivity contribution in [2.24, 2.45) is 0 Å². The van der Waals surface area contributed by atoms with E-state index in [0.29, 0.717) is 0 Å². The zero-order valence-electron chi connectivity index (χ0n) is 27.4. The summed E-state index contributed by atoms with van der Waals surface area (Å²) in [6.45, 7) is 6.42. The van der Waals surface area contributed by atoms with Crippen molar-refractivity contribution in [3.63, 3.8) is 0 Å². The first kappa shape index (κ1) is 29.2. The molecule has 0 spiro atoms. The minimum atomic E-state index is 0.730. The topological polar surface area (TPSA) is 51.4 Å². The number of aryl methyl sites for hydroxylation is 3. The van der Waals surface area contributed by atoms with Crippen LogP contribution in [0.5, 0.6) is 11.5 Å². The maximum absolute atomic E-state index is 6.57. The first-order valence-electron chi connectivity index (χ1n) is 15.5. The van der Waals surface area contributed by atoms with Gasteiger partial charge in [0.25, 0.3) is 0 Å². The highest BCUT2D eigenvalue weighted by Crippen LogP contribution is 2.43. The molecule has 0 saturated heterocycles. The molecule has 0 radical (unpaired) electrons. The number of hydrogen-bond acceptors (Lipinski definition) is 5. The van der Waals surface area contributed by atoms with Gasteiger partial charge in [0.05, 0.1) is 22.3 Å². The molecule has 0 unspecified atom stereocenters. The first-order valence-corrected chi connectivity index (χ1v) is 15.5. The van der Waals surface area contributed by atoms with E-state index >= 15 is 0 Å². The molecule has 0 atom stereocenters. The Morgan fingerprint density at radius 2 is 1.35 bits per heavy atom. The zero-order valence-corrected chi connectivity index (χ0v) is 27.4. The van der Waals surface area contributed by atoms with E-state index < -0.39 is 0 Å². The molecule has 0 amide bonds. The van der Waals surface area contributed by atoms with Crippen LogP contribution in [0, 0.1) is 20.8 Å². The molecule has 0 fully saturated rings. The van der Waals surface area contributed by atoms with Gasteiger partial charge in [-0.15, -0.1) is 5.10 Å². The van der Waals surface area contributed by atoms with Gasteiger partial charge in [0.1, 0.15) is 23.1 Å². The predicted octanol–water partition coefficient (Wildman–Crippen LogP) is 8.88. The summed E-state index contributed by atoms with van der Waals surface area (Å²) in [5, 5.41) is 7.50. The quantitative estimate of drug-likeness (QED) is 0.181. The minimum Gasteiger partial charge on any atom is -0.457 e. The minimum absolute atomic E-state index is 0.730. The van der Waals surface area contributed by atoms with Crippen molar-refractivity contribution in [2.45, 2.75) is 20.8 Å². The number of ether oxygens (including phenoxy) is 1. The lowest BCUT2D eigenvalue weighted by Crippen LogP contribution is -2.15. The van der Waals surface area contributed by atoms with Crippen LogP contribution in [0.25, 0.3) is 44.4 Å². The van der Waals surface area contributed by atoms with Crippen LogP contribution in [-0.2, 0) is 0 Å². The maximum Gasteiger partial charge on any atom is 0.160 e. The van der Waals surface area contributed by atoms with Crippen LogP contribution < -0.4 is 14.5 Å². The van der Waals surface area contributed by atoms with Gasteiger partial charge in [-0.2, -0.15) is 0 Å². The van der Waals surface area contributed by atoms with E-state index in [1.165, 1.54) is 22.1 Å². The largest absolute Gasteiger partial charge is 0.457 e. The molecule has 3 heterocycles. The van der Waals surface area contributed by atoms with E-state index in [2.05, 4.69) is 122 Å². The number of aromatic nitrogens is 4. The van der Waals surface area contributed by atoms with Crippen LogP contribution >= 0.6 is 0 Å². The lowest BCUT2D eigenvalue weighted by Gasteiger charge is -2.20. The smallest absolute Gasteiger partial charge is 0.160 e. The molecule has 0 bridgehead atoms. The summed E-state index contributed by atoms with van der Waals surface area (Å²) in [5.74, 6) is 4.29. The third-order valence-electron chi connectivity index (χ3n) is 8.49. The molecule has 0 N–H and O–H groups in total. The Balaban J connectivity index is 1.33. The molecule has 7 nitrogen and oxygen atoms in total. The van der Waals surface area contributed by atoms with Gasteiger partial charge in [0, 0.05) is 57.3 Å². The summed E-state index contributed by atoms with van der Waals surface area (Å²) >= 11 is 0. The normalized spacial score (nSPS) is 11.4. The third-order valence-corrected chi connectivity index (χ3v) is 8.49. The fourth-order valence-corrected chi connectivity index (χ4v) is 6.45. The average Bonchev–Trinajstić information content (AvgIpc) is 3.58. The Morgan fingerprint density at radius 3 is 2.09 bits per heavy atom. The van der Waals surface area contributed by atoms with Crippen LogP contribution in [0.3, 0.4) is 0 Å². The summed E-state index contributed by atoms with van der Waals surface area (Å²) < 4.78 is 10.8. The molecule has 7 rings (SSSR count). The van der Waals surface area contributed by atoms with E-state index in [4.69, 9.17) is 14.8 Å². The van der Waals surface area contributed by atoms with Crippen LogP contribution in [0.2, 0.25) is 0 Å². The number of benzene rings is 4. The molecular formula is C39H38N6O. The highest BCUT2D eigenvalue weighted by atomic mass is 16.5. The second kappa shape index (κ2) is 11.4. The maximum atomic E-state index is 6.57. The van der Waals surface area contributed by atoms with E-state index in [1.807, 2.05) is 49.2 Å². The van der Waals surface area contributed by atoms with Crippen LogP contribution in [0.15, 0.2) is 103 Å². The van der Waals surface area contributed by atoms with Crippen LogP contribution in [0.1, 0.15) is 16.7 Å². The van der Waals surface area contributed by atoms with Gasteiger partial charge >= 0.3 is 0 Å². The number of hydrogen-bond donors (Lipinski definition) is 0. The number of fused-ring (bicyclic) bond motifs is 3. The Morgan fingerprint density at radius 1 is 0.630 bits per heavy atom. The third kappa shape index (κ3) is 4.94. The molecule has 0 aliphatic rings. The fraction of sp³-hybridized carbons (Fsp3) is 0.179. The number of pyridine rings is 1. The Hall–Kier alpha value is -5.56. The van der Waals surface area contributed by atoms with Gasteiger partial charge in [0.15, 0.2) is 5.82 Å². The van der Waals surface area contributed by atoms with Crippen molar-refractivity contribution in [3.8, 4) is 34.1 Å². The lowest BCUT2D eigenvalue weighted by molar-refractivity contribution is 0.483. The first-order chi connectivity index (χ1) is 22.2. The van der Waals surface area contributed by atoms with Gasteiger partial charge in [-0.3, -0.25) is 4.57 Å². The standard InChI is InChI=1S/C39H38N6O/c1-25-20-21-40-35(22-25)44-33-17-9-8-16-31(33)32-19-18-30(24-34(32)44)46-29-15-11-14-28(23-29)45-39(43(6)7)37(38(41-45)42(4)5)36-26(2)12-10-13-27(36)3/h8-24H,1-7H3. The van der Waals surface area contributed by atoms with Crippen molar-refractivity contribution >= 4 is 33.4 Å². The molecule has 230 valence electrons. The Bertz CT molecular complexity index is 2220. The Labute approximate surface area is 269 Å². The molecular weight excluding hydrogens is 568 g/mol. The van der Waals surface area contributed by atoms with Crippen molar-refractivity contribution in [3.05, 3.63) is 120 Å². The molecule has 0 saturated carbocycles. The Kier molecular flexibility index (Phi) is 7.24. The monoisotopic (exact) mass is 606 g/mol. The molecule has 46 heavy (non-hydrogen) atoms. The van der Waals surface area contributed by atoms with E-state index in [1.54, 1.807) is 0 Å². The van der Waals surface area contributed by atoms with Gasteiger partial charge < -0.3 is 14.5 Å². The molecule has 7 aromatic rings. The van der Waals surface area contributed by atoms with E-state index in [9.17, 15) is 0 Å². The van der Waals surface area contributed by atoms with Crippen molar-refractivity contribution < 1.29 is 4.74 Å². The van der Waals surface area contributed by atoms with Gasteiger partial charge in [-0.1, -0.05) is 42.5 Å². The molecule has 3 aromatic heterocycles. The average molecular weight is 607 g/mol. The van der Waals surface area contributed by atoms with Crippen molar-refractivity contribution in [1.29, 1.82) is 0 Å². The van der Waals surface area contributed by atoms with Crippen LogP contribution in [0.4, 0.5) is 11.6 Å². The van der Waals surface area contributed by atoms with Crippen molar-refractivity contribution in [2.75, 3.05) is 38.0 Å². The fourth-order valence-electron chi connectivity index (χ4n) is 6.45. The lowest BCUT2D eigenvalue weighted by atomic mass is 9.96. The predicted molar refractivity (Wildman–Crippen MR) is 191 cm³/mol. The van der Waals surface area contributed by atoms with E-state index in [-0.39, 0.29) is 0 Å². The zero-order chi connectivity index (χ0) is 32.1. The molecule has 0 aliphatic heterocycles. The SMILES string of the molecule is Cc1ccnc(-n2c3ccccc3c3ccc(Oc4cccc(-n5nc(N(C)C)c(-c6c(C)cccc6C)c5N(C)C)c4)cc32)c1. The van der Waals surface area contributed by atoms with E-state index in [0.717, 1.165) is 62.2 Å². The molecule has 4 aromatic carbocycles. The highest BCUT2D eigenvalue weighted by Gasteiger charge is 2.26. The van der Waals surface area contributed by atoms with Gasteiger partial charge in [-0.05, 0) is 85.5 Å². The van der Waals surface area contributed by atoms with Gasteiger partial charge in [-0.25, -0.2) is 9.67 Å². The summed E-state index contributed by atoms with van der Waals surface area (Å²) in [7, 11) is 8.23. The molecule has 0 aliphatic carbocycles.